The molecule has 3 aliphatic carbocycles. The molecule has 1 N–H and O–H groups in total. The van der Waals surface area contributed by atoms with Crippen molar-refractivity contribution in [2.45, 2.75) is 185 Å². The van der Waals surface area contributed by atoms with Crippen molar-refractivity contribution in [2.75, 3.05) is 0 Å². The van der Waals surface area contributed by atoms with Crippen LogP contribution in [0.15, 0.2) is 0 Å². The van der Waals surface area contributed by atoms with Crippen LogP contribution in [0.5, 0.6) is 0 Å². The van der Waals surface area contributed by atoms with Crippen LogP contribution in [-0.2, 0) is 0 Å². The molecule has 4 amide bonds. The van der Waals surface area contributed by atoms with Crippen LogP contribution in [0, 0.1) is 32.5 Å². The molecule has 1 saturated heterocycles. The van der Waals surface area contributed by atoms with E-state index in [1.807, 2.05) is 0 Å². The first kappa shape index (κ1) is 33.6. The maximum Gasteiger partial charge on any atom is 0.332 e. The molecule has 0 aromatic rings. The van der Waals surface area contributed by atoms with Crippen molar-refractivity contribution in [2.24, 2.45) is 32.5 Å². The van der Waals surface area contributed by atoms with Crippen molar-refractivity contribution < 1.29 is 14.7 Å². The Bertz CT molecular complexity index is 978. The molecule has 6 nitrogen and oxygen atoms in total. The SMILES string of the molecule is CCC1(C)CC(N2C(=O)N(C3CC(C)(C)CC(C)(CC)C3)C(O)N(C3CC(C)(C)CC(C)(CC)C3)C2=O)CC(C)(C)C1. The minimum absolute atomic E-state index is 0.0290. The minimum atomic E-state index is -1.23. The highest BCUT2D eigenvalue weighted by atomic mass is 16.3. The lowest BCUT2D eigenvalue weighted by Gasteiger charge is -2.59. The van der Waals surface area contributed by atoms with Crippen LogP contribution in [-0.4, -0.2) is 56.3 Å². The van der Waals surface area contributed by atoms with Gasteiger partial charge >= 0.3 is 12.1 Å². The average Bonchev–Trinajstić information content (AvgIpc) is 2.80. The second kappa shape index (κ2) is 10.9. The minimum Gasteiger partial charge on any atom is -0.356 e. The monoisotopic (exact) mass is 588 g/mol. The van der Waals surface area contributed by atoms with Crippen LogP contribution >= 0.6 is 0 Å². The zero-order valence-electron chi connectivity index (χ0n) is 29.4. The molecule has 4 fully saturated rings. The molecule has 42 heavy (non-hydrogen) atoms. The molecular weight excluding hydrogens is 522 g/mol. The van der Waals surface area contributed by atoms with Gasteiger partial charge in [0.1, 0.15) is 0 Å². The molecule has 0 aromatic carbocycles. The van der Waals surface area contributed by atoms with Gasteiger partial charge in [-0.05, 0) is 90.3 Å². The summed E-state index contributed by atoms with van der Waals surface area (Å²) in [4.78, 5) is 34.7. The van der Waals surface area contributed by atoms with E-state index in [0.29, 0.717) is 0 Å². The summed E-state index contributed by atoms with van der Waals surface area (Å²) in [6.45, 7) is 27.6. The predicted molar refractivity (Wildman–Crippen MR) is 172 cm³/mol. The third kappa shape index (κ3) is 6.54. The standard InChI is InChI=1S/C36H65N3O3/c1-13-34(10)19-25(16-31(4,5)22-34)37-28(40)38(26-17-32(6,7)23-35(11,14-2)20-26)30(42)39(29(37)41)27-18-33(8,9)24-36(12,15-3)21-27/h25-28,40H,13-24H2,1-12H3. The predicted octanol–water partition coefficient (Wildman–Crippen LogP) is 9.41. The number of urea groups is 2. The lowest BCUT2D eigenvalue weighted by atomic mass is 9.61. The number of amides is 4. The van der Waals surface area contributed by atoms with Gasteiger partial charge in [-0.1, -0.05) is 102 Å². The Kier molecular flexibility index (Phi) is 8.75. The van der Waals surface area contributed by atoms with Gasteiger partial charge in [-0.25, -0.2) is 14.5 Å². The van der Waals surface area contributed by atoms with Crippen LogP contribution in [0.25, 0.3) is 0 Å². The van der Waals surface area contributed by atoms with E-state index in [1.165, 1.54) is 0 Å². The fourth-order valence-corrected chi connectivity index (χ4v) is 10.8. The summed E-state index contributed by atoms with van der Waals surface area (Å²) in [5, 5.41) is 12.3. The van der Waals surface area contributed by atoms with Gasteiger partial charge in [-0.2, -0.15) is 0 Å². The van der Waals surface area contributed by atoms with Gasteiger partial charge in [0.05, 0.1) is 0 Å². The van der Waals surface area contributed by atoms with E-state index in [0.717, 1.165) is 77.0 Å². The van der Waals surface area contributed by atoms with E-state index in [1.54, 1.807) is 14.7 Å². The number of aliphatic hydroxyl groups is 1. The average molecular weight is 588 g/mol. The fourth-order valence-electron chi connectivity index (χ4n) is 10.8. The Hall–Kier alpha value is -1.30. The zero-order chi connectivity index (χ0) is 31.7. The van der Waals surface area contributed by atoms with Gasteiger partial charge in [-0.15, -0.1) is 0 Å². The first-order valence-electron chi connectivity index (χ1n) is 17.2. The number of nitrogens with zero attached hydrogens (tertiary/aromatic N) is 3. The van der Waals surface area contributed by atoms with E-state index >= 15 is 0 Å². The maximum absolute atomic E-state index is 14.7. The molecule has 0 radical (unpaired) electrons. The highest BCUT2D eigenvalue weighted by molar-refractivity contribution is 5.96. The first-order chi connectivity index (χ1) is 19.1. The first-order valence-corrected chi connectivity index (χ1v) is 17.2. The summed E-state index contributed by atoms with van der Waals surface area (Å²) in [5.41, 5.74) is 0.370. The number of carbonyl (C=O) groups excluding carboxylic acids is 2. The molecule has 0 aromatic heterocycles. The van der Waals surface area contributed by atoms with Crippen molar-refractivity contribution in [3.63, 3.8) is 0 Å². The molecule has 0 spiro atoms. The van der Waals surface area contributed by atoms with Crippen molar-refractivity contribution in [3.05, 3.63) is 0 Å². The van der Waals surface area contributed by atoms with Crippen LogP contribution in [0.3, 0.4) is 0 Å². The van der Waals surface area contributed by atoms with Crippen LogP contribution < -0.4 is 0 Å². The molecule has 1 aliphatic heterocycles. The quantitative estimate of drug-likeness (QED) is 0.337. The Morgan fingerprint density at radius 1 is 0.548 bits per heavy atom. The van der Waals surface area contributed by atoms with Crippen molar-refractivity contribution in [1.29, 1.82) is 0 Å². The summed E-state index contributed by atoms with van der Waals surface area (Å²) in [6.07, 6.45) is 10.2. The van der Waals surface area contributed by atoms with E-state index in [2.05, 4.69) is 83.1 Å². The fraction of sp³-hybridized carbons (Fsp3) is 0.944. The Morgan fingerprint density at radius 3 is 1.14 bits per heavy atom. The molecule has 0 bridgehead atoms. The molecule has 4 aliphatic rings. The van der Waals surface area contributed by atoms with Gasteiger partial charge in [0, 0.05) is 18.1 Å². The van der Waals surface area contributed by atoms with Gasteiger partial charge in [-0.3, -0.25) is 9.80 Å². The van der Waals surface area contributed by atoms with Gasteiger partial charge in [0.2, 0.25) is 6.35 Å². The van der Waals surface area contributed by atoms with Crippen LogP contribution in [0.1, 0.15) is 160 Å². The Morgan fingerprint density at radius 2 is 0.833 bits per heavy atom. The van der Waals surface area contributed by atoms with E-state index in [4.69, 9.17) is 0 Å². The van der Waals surface area contributed by atoms with Gasteiger partial charge in [0.15, 0.2) is 0 Å². The lowest BCUT2D eigenvalue weighted by molar-refractivity contribution is -0.157. The van der Waals surface area contributed by atoms with E-state index < -0.39 is 6.35 Å². The van der Waals surface area contributed by atoms with Crippen LogP contribution in [0.4, 0.5) is 9.59 Å². The van der Waals surface area contributed by atoms with Crippen molar-refractivity contribution in [3.8, 4) is 0 Å². The molecular formula is C36H65N3O3. The second-order valence-electron chi connectivity index (χ2n) is 18.8. The smallest absolute Gasteiger partial charge is 0.332 e. The molecule has 1 heterocycles. The Balaban J connectivity index is 1.81. The molecule has 6 unspecified atom stereocenters. The number of carbonyl (C=O) groups is 2. The molecule has 6 heteroatoms. The highest BCUT2D eigenvalue weighted by Crippen LogP contribution is 2.54. The van der Waals surface area contributed by atoms with E-state index in [9.17, 15) is 14.7 Å². The van der Waals surface area contributed by atoms with Crippen molar-refractivity contribution >= 4 is 12.1 Å². The normalized spacial score (nSPS) is 42.2. The summed E-state index contributed by atoms with van der Waals surface area (Å²) in [5.74, 6) is 0. The number of hydrogen-bond donors (Lipinski definition) is 1. The summed E-state index contributed by atoms with van der Waals surface area (Å²) in [6, 6.07) is -0.913. The number of rotatable bonds is 6. The Labute approximate surface area is 258 Å². The summed E-state index contributed by atoms with van der Waals surface area (Å²) < 4.78 is 0. The highest BCUT2D eigenvalue weighted by Gasteiger charge is 2.57. The van der Waals surface area contributed by atoms with Gasteiger partial charge < -0.3 is 5.11 Å². The summed E-state index contributed by atoms with van der Waals surface area (Å²) in [7, 11) is 0. The maximum atomic E-state index is 14.7. The third-order valence-corrected chi connectivity index (χ3v) is 12.3. The second-order valence-corrected chi connectivity index (χ2v) is 18.8. The van der Waals surface area contributed by atoms with E-state index in [-0.39, 0.29) is 62.7 Å². The number of imide groups is 1. The molecule has 242 valence electrons. The van der Waals surface area contributed by atoms with Crippen LogP contribution in [0.2, 0.25) is 0 Å². The molecule has 3 saturated carbocycles. The third-order valence-electron chi connectivity index (χ3n) is 12.3. The molecule has 4 rings (SSSR count). The zero-order valence-corrected chi connectivity index (χ0v) is 29.4. The van der Waals surface area contributed by atoms with Gasteiger partial charge in [0.25, 0.3) is 0 Å². The lowest BCUT2D eigenvalue weighted by Crippen LogP contribution is -2.73. The number of hydrogen-bond acceptors (Lipinski definition) is 3. The summed E-state index contributed by atoms with van der Waals surface area (Å²) >= 11 is 0. The number of aliphatic hydroxyl groups excluding tert-OH is 1. The van der Waals surface area contributed by atoms with Crippen molar-refractivity contribution in [1.82, 2.24) is 14.7 Å². The largest absolute Gasteiger partial charge is 0.356 e. The molecule has 6 atom stereocenters. The topological polar surface area (TPSA) is 64.1 Å².